The second kappa shape index (κ2) is 6.32. The second-order valence-corrected chi connectivity index (χ2v) is 3.46. The monoisotopic (exact) mass is 228 g/mol. The fraction of sp³-hybridized carbons (Fsp3) is 0.889. The van der Waals surface area contributed by atoms with E-state index in [0.717, 1.165) is 0 Å². The molecule has 1 aliphatic rings. The number of carbonyl (C=O) groups is 1. The molecule has 1 aliphatic heterocycles. The van der Waals surface area contributed by atoms with Gasteiger partial charge in [-0.15, -0.1) is 0 Å². The van der Waals surface area contributed by atoms with Gasteiger partial charge in [0.2, 0.25) is 5.91 Å². The Hall–Kier alpha value is -1.30. The quantitative estimate of drug-likeness (QED) is 0.391. The Labute approximate surface area is 93.9 Å². The molecule has 1 amide bonds. The molecule has 1 saturated heterocycles. The number of nitrogens with zero attached hydrogens (tertiary/aromatic N) is 4. The van der Waals surface area contributed by atoms with E-state index in [2.05, 4.69) is 10.0 Å². The van der Waals surface area contributed by atoms with E-state index in [1.807, 2.05) is 6.92 Å². The molecule has 16 heavy (non-hydrogen) atoms. The molecule has 2 atom stereocenters. The smallest absolute Gasteiger partial charge is 0.228 e. The molecule has 0 bridgehead atoms. The summed E-state index contributed by atoms with van der Waals surface area (Å²) in [6.45, 7) is 3.32. The van der Waals surface area contributed by atoms with Gasteiger partial charge in [-0.3, -0.25) is 4.79 Å². The Balaban J connectivity index is 2.52. The standard InChI is InChI=1S/C9H16N4O3/c1-3-16-8-6-13(5-7(8)15-2)9(14)4-11-12-10/h7-8H,3-6H2,1-2H3/t7-,8+/m0/s1. The van der Waals surface area contributed by atoms with Crippen LogP contribution >= 0.6 is 0 Å². The highest BCUT2D eigenvalue weighted by molar-refractivity contribution is 5.78. The van der Waals surface area contributed by atoms with Crippen LogP contribution in [0.25, 0.3) is 10.4 Å². The van der Waals surface area contributed by atoms with Crippen LogP contribution in [-0.2, 0) is 14.3 Å². The van der Waals surface area contributed by atoms with Gasteiger partial charge in [0.25, 0.3) is 0 Å². The molecular weight excluding hydrogens is 212 g/mol. The number of hydrogen-bond acceptors (Lipinski definition) is 4. The van der Waals surface area contributed by atoms with E-state index >= 15 is 0 Å². The summed E-state index contributed by atoms with van der Waals surface area (Å²) in [7, 11) is 1.60. The van der Waals surface area contributed by atoms with Gasteiger partial charge in [-0.05, 0) is 12.5 Å². The van der Waals surface area contributed by atoms with Crippen LogP contribution in [0.15, 0.2) is 5.11 Å². The van der Waals surface area contributed by atoms with Gasteiger partial charge in [0.1, 0.15) is 18.8 Å². The summed E-state index contributed by atoms with van der Waals surface area (Å²) in [4.78, 5) is 15.7. The Bertz CT molecular complexity index is 290. The van der Waals surface area contributed by atoms with Crippen molar-refractivity contribution in [2.75, 3.05) is 33.4 Å². The number of methoxy groups -OCH3 is 1. The van der Waals surface area contributed by atoms with Crippen LogP contribution in [0.1, 0.15) is 6.92 Å². The largest absolute Gasteiger partial charge is 0.377 e. The summed E-state index contributed by atoms with van der Waals surface area (Å²) in [5.74, 6) is -0.193. The van der Waals surface area contributed by atoms with E-state index in [9.17, 15) is 4.79 Å². The van der Waals surface area contributed by atoms with Gasteiger partial charge in [0, 0.05) is 31.7 Å². The highest BCUT2D eigenvalue weighted by atomic mass is 16.5. The van der Waals surface area contributed by atoms with E-state index in [1.54, 1.807) is 12.0 Å². The molecule has 0 radical (unpaired) electrons. The molecule has 7 nitrogen and oxygen atoms in total. The van der Waals surface area contributed by atoms with E-state index in [1.165, 1.54) is 0 Å². The van der Waals surface area contributed by atoms with Crippen molar-refractivity contribution in [2.45, 2.75) is 19.1 Å². The molecule has 0 aromatic carbocycles. The van der Waals surface area contributed by atoms with Crippen LogP contribution in [-0.4, -0.2) is 56.4 Å². The van der Waals surface area contributed by atoms with Crippen molar-refractivity contribution < 1.29 is 14.3 Å². The molecule has 1 heterocycles. The summed E-state index contributed by atoms with van der Waals surface area (Å²) in [5, 5.41) is 3.25. The van der Waals surface area contributed by atoms with E-state index in [4.69, 9.17) is 15.0 Å². The first kappa shape index (κ1) is 12.8. The highest BCUT2D eigenvalue weighted by Gasteiger charge is 2.35. The van der Waals surface area contributed by atoms with Crippen molar-refractivity contribution in [3.8, 4) is 0 Å². The van der Waals surface area contributed by atoms with Gasteiger partial charge < -0.3 is 14.4 Å². The number of carbonyl (C=O) groups excluding carboxylic acids is 1. The molecule has 0 saturated carbocycles. The van der Waals surface area contributed by atoms with Crippen molar-refractivity contribution in [1.29, 1.82) is 0 Å². The zero-order chi connectivity index (χ0) is 12.0. The van der Waals surface area contributed by atoms with Crippen LogP contribution in [0.3, 0.4) is 0 Å². The lowest BCUT2D eigenvalue weighted by atomic mass is 10.2. The molecule has 0 spiro atoms. The fourth-order valence-electron chi connectivity index (χ4n) is 1.74. The van der Waals surface area contributed by atoms with Crippen molar-refractivity contribution >= 4 is 5.91 Å². The van der Waals surface area contributed by atoms with Gasteiger partial charge in [-0.25, -0.2) is 0 Å². The van der Waals surface area contributed by atoms with E-state index in [0.29, 0.717) is 19.7 Å². The first-order valence-electron chi connectivity index (χ1n) is 5.16. The van der Waals surface area contributed by atoms with Crippen LogP contribution < -0.4 is 0 Å². The van der Waals surface area contributed by atoms with Crippen LogP contribution in [0.2, 0.25) is 0 Å². The number of rotatable bonds is 5. The first-order valence-corrected chi connectivity index (χ1v) is 5.16. The second-order valence-electron chi connectivity index (χ2n) is 3.46. The number of ether oxygens (including phenoxy) is 2. The Morgan fingerprint density at radius 3 is 2.81 bits per heavy atom. The molecule has 90 valence electrons. The lowest BCUT2D eigenvalue weighted by molar-refractivity contribution is -0.129. The number of amides is 1. The Morgan fingerprint density at radius 2 is 2.25 bits per heavy atom. The van der Waals surface area contributed by atoms with Gasteiger partial charge in [-0.2, -0.15) is 0 Å². The van der Waals surface area contributed by atoms with Gasteiger partial charge in [0.05, 0.1) is 0 Å². The summed E-state index contributed by atoms with van der Waals surface area (Å²) in [6.07, 6.45) is -0.194. The number of hydrogen-bond donors (Lipinski definition) is 0. The molecule has 0 N–H and O–H groups in total. The molecule has 0 aromatic rings. The van der Waals surface area contributed by atoms with Crippen LogP contribution in [0.5, 0.6) is 0 Å². The summed E-state index contributed by atoms with van der Waals surface area (Å²) >= 11 is 0. The third kappa shape index (κ3) is 3.10. The molecular formula is C9H16N4O3. The maximum absolute atomic E-state index is 11.6. The first-order chi connectivity index (χ1) is 7.72. The Morgan fingerprint density at radius 1 is 1.56 bits per heavy atom. The van der Waals surface area contributed by atoms with E-state index < -0.39 is 0 Å². The predicted octanol–water partition coefficient (Wildman–Crippen LogP) is 0.559. The summed E-state index contributed by atoms with van der Waals surface area (Å²) < 4.78 is 10.7. The van der Waals surface area contributed by atoms with Gasteiger partial charge in [0.15, 0.2) is 0 Å². The number of azide groups is 1. The van der Waals surface area contributed by atoms with Crippen molar-refractivity contribution in [1.82, 2.24) is 4.90 Å². The third-order valence-corrected chi connectivity index (χ3v) is 2.52. The normalized spacial score (nSPS) is 24.2. The lowest BCUT2D eigenvalue weighted by Gasteiger charge is -2.15. The van der Waals surface area contributed by atoms with Crippen LogP contribution in [0.4, 0.5) is 0 Å². The van der Waals surface area contributed by atoms with Crippen molar-refractivity contribution in [3.05, 3.63) is 10.4 Å². The molecule has 0 aliphatic carbocycles. The summed E-state index contributed by atoms with van der Waals surface area (Å²) in [5.41, 5.74) is 8.13. The minimum Gasteiger partial charge on any atom is -0.377 e. The number of likely N-dealkylation sites (tertiary alicyclic amines) is 1. The third-order valence-electron chi connectivity index (χ3n) is 2.52. The molecule has 7 heteroatoms. The zero-order valence-electron chi connectivity index (χ0n) is 9.50. The topological polar surface area (TPSA) is 87.5 Å². The van der Waals surface area contributed by atoms with Crippen LogP contribution in [0, 0.1) is 0 Å². The fourth-order valence-corrected chi connectivity index (χ4v) is 1.74. The maximum atomic E-state index is 11.6. The van der Waals surface area contributed by atoms with Crippen molar-refractivity contribution in [3.63, 3.8) is 0 Å². The lowest BCUT2D eigenvalue weighted by Crippen LogP contribution is -2.31. The van der Waals surface area contributed by atoms with Gasteiger partial charge >= 0.3 is 0 Å². The van der Waals surface area contributed by atoms with E-state index in [-0.39, 0.29) is 24.7 Å². The molecule has 1 fully saturated rings. The predicted molar refractivity (Wildman–Crippen MR) is 56.8 cm³/mol. The Kier molecular flexibility index (Phi) is 5.04. The average Bonchev–Trinajstić information content (AvgIpc) is 2.69. The SMILES string of the molecule is CCO[C@@H]1CN(C(=O)CN=[N+]=[N-])C[C@@H]1OC. The maximum Gasteiger partial charge on any atom is 0.228 e. The summed E-state index contributed by atoms with van der Waals surface area (Å²) in [6, 6.07) is 0. The zero-order valence-corrected chi connectivity index (χ0v) is 9.50. The highest BCUT2D eigenvalue weighted by Crippen LogP contribution is 2.16. The van der Waals surface area contributed by atoms with Crippen molar-refractivity contribution in [2.24, 2.45) is 5.11 Å². The molecule has 0 aromatic heterocycles. The minimum atomic E-state index is -0.193. The van der Waals surface area contributed by atoms with Gasteiger partial charge in [-0.1, -0.05) is 5.11 Å². The molecule has 0 unspecified atom stereocenters. The molecule has 1 rings (SSSR count). The average molecular weight is 228 g/mol. The minimum absolute atomic E-state index is 0.0926.